The molecule has 0 aromatic carbocycles. The van der Waals surface area contributed by atoms with Crippen LogP contribution in [0.1, 0.15) is 58.3 Å². The zero-order valence-corrected chi connectivity index (χ0v) is 12.0. The fourth-order valence-corrected chi connectivity index (χ4v) is 3.84. The predicted octanol–water partition coefficient (Wildman–Crippen LogP) is 4.33. The van der Waals surface area contributed by atoms with Crippen molar-refractivity contribution in [2.75, 3.05) is 4.43 Å². The maximum atomic E-state index is 6.20. The van der Waals surface area contributed by atoms with Crippen molar-refractivity contribution in [1.29, 1.82) is 0 Å². The highest BCUT2D eigenvalue weighted by atomic mass is 127. The largest absolute Gasteiger partial charge is 0.374 e. The van der Waals surface area contributed by atoms with E-state index in [1.165, 1.54) is 55.8 Å². The Morgan fingerprint density at radius 1 is 1.13 bits per heavy atom. The molecule has 2 unspecified atom stereocenters. The maximum Gasteiger partial charge on any atom is 0.0669 e. The van der Waals surface area contributed by atoms with Crippen molar-refractivity contribution in [3.8, 4) is 0 Å². The van der Waals surface area contributed by atoms with Gasteiger partial charge >= 0.3 is 0 Å². The third-order valence-electron chi connectivity index (χ3n) is 4.30. The van der Waals surface area contributed by atoms with Crippen molar-refractivity contribution >= 4 is 22.6 Å². The smallest absolute Gasteiger partial charge is 0.0669 e. The fraction of sp³-hybridized carbons (Fsp3) is 1.00. The standard InChI is InChI=1S/C13H23IO/c1-13(8-4-2-3-5-9-13)12-7-6-11(10-14)15-12/h11-12H,2-10H2,1H3. The van der Waals surface area contributed by atoms with Gasteiger partial charge in [0.25, 0.3) is 0 Å². The molecule has 0 N–H and O–H groups in total. The van der Waals surface area contributed by atoms with Gasteiger partial charge in [-0.2, -0.15) is 0 Å². The van der Waals surface area contributed by atoms with E-state index in [4.69, 9.17) is 4.74 Å². The average molecular weight is 322 g/mol. The zero-order valence-electron chi connectivity index (χ0n) is 9.80. The van der Waals surface area contributed by atoms with E-state index in [1.54, 1.807) is 0 Å². The maximum absolute atomic E-state index is 6.20. The Labute approximate surface area is 107 Å². The van der Waals surface area contributed by atoms with Crippen molar-refractivity contribution in [3.05, 3.63) is 0 Å². The first-order valence-electron chi connectivity index (χ1n) is 6.46. The minimum absolute atomic E-state index is 0.497. The van der Waals surface area contributed by atoms with Gasteiger partial charge in [0.2, 0.25) is 0 Å². The van der Waals surface area contributed by atoms with Gasteiger partial charge in [-0.3, -0.25) is 0 Å². The molecule has 2 aliphatic rings. The van der Waals surface area contributed by atoms with Gasteiger partial charge in [0.1, 0.15) is 0 Å². The first-order chi connectivity index (χ1) is 7.24. The molecule has 2 heteroatoms. The summed E-state index contributed by atoms with van der Waals surface area (Å²) in [6.45, 7) is 2.47. The second-order valence-electron chi connectivity index (χ2n) is 5.55. The topological polar surface area (TPSA) is 9.23 Å². The molecule has 0 aromatic rings. The van der Waals surface area contributed by atoms with Gasteiger partial charge in [-0.05, 0) is 31.1 Å². The highest BCUT2D eigenvalue weighted by molar-refractivity contribution is 14.1. The van der Waals surface area contributed by atoms with Crippen molar-refractivity contribution in [2.45, 2.75) is 70.5 Å². The first kappa shape index (κ1) is 12.2. The molecule has 2 rings (SSSR count). The Balaban J connectivity index is 1.95. The summed E-state index contributed by atoms with van der Waals surface area (Å²) in [6, 6.07) is 0. The number of ether oxygens (including phenoxy) is 1. The Hall–Kier alpha value is 0.690. The highest BCUT2D eigenvalue weighted by Gasteiger charge is 2.39. The van der Waals surface area contributed by atoms with Crippen LogP contribution in [0, 0.1) is 5.41 Å². The zero-order chi connectivity index (χ0) is 10.7. The summed E-state index contributed by atoms with van der Waals surface area (Å²) in [6.07, 6.45) is 12.2. The number of hydrogen-bond acceptors (Lipinski definition) is 1. The summed E-state index contributed by atoms with van der Waals surface area (Å²) < 4.78 is 7.37. The average Bonchev–Trinajstić information content (AvgIpc) is 2.63. The highest BCUT2D eigenvalue weighted by Crippen LogP contribution is 2.43. The Morgan fingerprint density at radius 2 is 1.80 bits per heavy atom. The molecular formula is C13H23IO. The molecule has 88 valence electrons. The van der Waals surface area contributed by atoms with Crippen LogP contribution < -0.4 is 0 Å². The molecule has 15 heavy (non-hydrogen) atoms. The van der Waals surface area contributed by atoms with Gasteiger partial charge in [-0.25, -0.2) is 0 Å². The molecule has 0 amide bonds. The van der Waals surface area contributed by atoms with E-state index >= 15 is 0 Å². The van der Waals surface area contributed by atoms with E-state index in [0.717, 1.165) is 0 Å². The van der Waals surface area contributed by atoms with Crippen LogP contribution in [-0.2, 0) is 4.74 Å². The van der Waals surface area contributed by atoms with Gasteiger partial charge in [0.15, 0.2) is 0 Å². The normalized spacial score (nSPS) is 36.4. The summed E-state index contributed by atoms with van der Waals surface area (Å²) >= 11 is 2.46. The molecule has 1 saturated carbocycles. The Morgan fingerprint density at radius 3 is 2.33 bits per heavy atom. The van der Waals surface area contributed by atoms with Crippen LogP contribution in [0.25, 0.3) is 0 Å². The third kappa shape index (κ3) is 2.87. The van der Waals surface area contributed by atoms with Crippen LogP contribution in [0.2, 0.25) is 0 Å². The van der Waals surface area contributed by atoms with E-state index in [-0.39, 0.29) is 0 Å². The Kier molecular flexibility index (Phi) is 4.33. The minimum Gasteiger partial charge on any atom is -0.374 e. The van der Waals surface area contributed by atoms with E-state index in [2.05, 4.69) is 29.5 Å². The van der Waals surface area contributed by atoms with E-state index in [9.17, 15) is 0 Å². The lowest BCUT2D eigenvalue weighted by Gasteiger charge is -2.34. The Bertz CT molecular complexity index is 197. The molecule has 0 radical (unpaired) electrons. The lowest BCUT2D eigenvalue weighted by atomic mass is 9.76. The first-order valence-corrected chi connectivity index (χ1v) is 7.98. The van der Waals surface area contributed by atoms with Crippen LogP contribution in [0.4, 0.5) is 0 Å². The summed E-state index contributed by atoms with van der Waals surface area (Å²) in [5.41, 5.74) is 0.497. The summed E-state index contributed by atoms with van der Waals surface area (Å²) in [5.74, 6) is 0. The number of halogens is 1. The SMILES string of the molecule is CC1(C2CCC(CI)O2)CCCCCC1. The van der Waals surface area contributed by atoms with Crippen molar-refractivity contribution in [1.82, 2.24) is 0 Å². The van der Waals surface area contributed by atoms with Crippen molar-refractivity contribution in [3.63, 3.8) is 0 Å². The molecule has 0 bridgehead atoms. The summed E-state index contributed by atoms with van der Waals surface area (Å²) in [7, 11) is 0. The van der Waals surface area contributed by atoms with Crippen LogP contribution in [0.3, 0.4) is 0 Å². The van der Waals surface area contributed by atoms with E-state index in [0.29, 0.717) is 17.6 Å². The second kappa shape index (κ2) is 5.35. The van der Waals surface area contributed by atoms with Crippen molar-refractivity contribution < 1.29 is 4.74 Å². The van der Waals surface area contributed by atoms with Crippen LogP contribution >= 0.6 is 22.6 Å². The molecule has 1 nitrogen and oxygen atoms in total. The van der Waals surface area contributed by atoms with E-state index in [1.807, 2.05) is 0 Å². The number of rotatable bonds is 2. The lowest BCUT2D eigenvalue weighted by molar-refractivity contribution is -0.0285. The summed E-state index contributed by atoms with van der Waals surface area (Å²) in [4.78, 5) is 0. The third-order valence-corrected chi connectivity index (χ3v) is 5.29. The lowest BCUT2D eigenvalue weighted by Crippen LogP contribution is -2.32. The molecule has 0 aromatic heterocycles. The molecular weight excluding hydrogens is 299 g/mol. The molecule has 1 saturated heterocycles. The van der Waals surface area contributed by atoms with Crippen molar-refractivity contribution in [2.24, 2.45) is 5.41 Å². The summed E-state index contributed by atoms with van der Waals surface area (Å²) in [5, 5.41) is 0. The fourth-order valence-electron chi connectivity index (χ4n) is 3.19. The quantitative estimate of drug-likeness (QED) is 0.418. The van der Waals surface area contributed by atoms with Crippen LogP contribution in [0.15, 0.2) is 0 Å². The molecule has 2 atom stereocenters. The molecule has 1 aliphatic carbocycles. The second-order valence-corrected chi connectivity index (χ2v) is 6.43. The predicted molar refractivity (Wildman–Crippen MR) is 72.6 cm³/mol. The molecule has 1 heterocycles. The molecule has 2 fully saturated rings. The monoisotopic (exact) mass is 322 g/mol. The van der Waals surface area contributed by atoms with Crippen LogP contribution in [0.5, 0.6) is 0 Å². The molecule has 0 spiro atoms. The molecule has 1 aliphatic heterocycles. The number of alkyl halides is 1. The van der Waals surface area contributed by atoms with Gasteiger partial charge < -0.3 is 4.74 Å². The van der Waals surface area contributed by atoms with E-state index < -0.39 is 0 Å². The van der Waals surface area contributed by atoms with Gasteiger partial charge in [-0.15, -0.1) is 0 Å². The van der Waals surface area contributed by atoms with Crippen LogP contribution in [-0.4, -0.2) is 16.6 Å². The minimum atomic E-state index is 0.497. The number of hydrogen-bond donors (Lipinski definition) is 0. The van der Waals surface area contributed by atoms with Gasteiger partial charge in [0.05, 0.1) is 12.2 Å². The van der Waals surface area contributed by atoms with Gasteiger partial charge in [-0.1, -0.05) is 55.2 Å². The van der Waals surface area contributed by atoms with Gasteiger partial charge in [0, 0.05) is 4.43 Å².